The van der Waals surface area contributed by atoms with Crippen molar-refractivity contribution in [1.82, 2.24) is 5.16 Å². The number of ether oxygens (including phenoxy) is 1. The summed E-state index contributed by atoms with van der Waals surface area (Å²) in [7, 11) is 0. The SMILES string of the molecule is CC(C)(C)c1cc(COC(=O)CCCc2ccccc2)no1. The first-order valence-electron chi connectivity index (χ1n) is 7.61. The minimum atomic E-state index is -0.198. The van der Waals surface area contributed by atoms with Gasteiger partial charge in [-0.15, -0.1) is 0 Å². The van der Waals surface area contributed by atoms with Gasteiger partial charge in [0.05, 0.1) is 0 Å². The van der Waals surface area contributed by atoms with Gasteiger partial charge in [-0.2, -0.15) is 0 Å². The van der Waals surface area contributed by atoms with E-state index in [1.807, 2.05) is 45.0 Å². The molecule has 0 aliphatic heterocycles. The summed E-state index contributed by atoms with van der Waals surface area (Å²) >= 11 is 0. The third-order valence-electron chi connectivity index (χ3n) is 3.37. The molecule has 0 bridgehead atoms. The van der Waals surface area contributed by atoms with Gasteiger partial charge in [0.1, 0.15) is 18.1 Å². The van der Waals surface area contributed by atoms with Crippen molar-refractivity contribution in [3.63, 3.8) is 0 Å². The fraction of sp³-hybridized carbons (Fsp3) is 0.444. The number of rotatable bonds is 6. The lowest BCUT2D eigenvalue weighted by Gasteiger charge is -2.12. The first-order valence-corrected chi connectivity index (χ1v) is 7.61. The highest BCUT2D eigenvalue weighted by atomic mass is 16.5. The summed E-state index contributed by atoms with van der Waals surface area (Å²) in [6, 6.07) is 12.0. The molecular weight excluding hydrogens is 278 g/mol. The molecule has 118 valence electrons. The second-order valence-corrected chi connectivity index (χ2v) is 6.43. The van der Waals surface area contributed by atoms with E-state index in [1.54, 1.807) is 0 Å². The van der Waals surface area contributed by atoms with Crippen molar-refractivity contribution in [2.24, 2.45) is 0 Å². The molecule has 0 aliphatic rings. The summed E-state index contributed by atoms with van der Waals surface area (Å²) in [4.78, 5) is 11.7. The molecular formula is C18H23NO3. The van der Waals surface area contributed by atoms with Gasteiger partial charge in [-0.3, -0.25) is 4.79 Å². The van der Waals surface area contributed by atoms with Crippen LogP contribution in [0.5, 0.6) is 0 Å². The Labute approximate surface area is 131 Å². The molecule has 4 nitrogen and oxygen atoms in total. The Morgan fingerprint density at radius 2 is 1.95 bits per heavy atom. The Bertz CT molecular complexity index is 596. The molecule has 0 unspecified atom stereocenters. The molecule has 2 aromatic rings. The molecule has 0 amide bonds. The molecule has 0 saturated carbocycles. The standard InChI is InChI=1S/C18H23NO3/c1-18(2,3)16-12-15(19-22-16)13-21-17(20)11-7-10-14-8-5-4-6-9-14/h4-6,8-9,12H,7,10-11,13H2,1-3H3. The lowest BCUT2D eigenvalue weighted by atomic mass is 9.93. The minimum Gasteiger partial charge on any atom is -0.459 e. The van der Waals surface area contributed by atoms with Crippen molar-refractivity contribution >= 4 is 5.97 Å². The molecule has 4 heteroatoms. The Kier molecular flexibility index (Phi) is 5.36. The number of aromatic nitrogens is 1. The monoisotopic (exact) mass is 301 g/mol. The zero-order chi connectivity index (χ0) is 16.0. The van der Waals surface area contributed by atoms with Gasteiger partial charge < -0.3 is 9.26 Å². The average Bonchev–Trinajstić information content (AvgIpc) is 2.95. The largest absolute Gasteiger partial charge is 0.459 e. The summed E-state index contributed by atoms with van der Waals surface area (Å²) in [5.41, 5.74) is 1.80. The number of carbonyl (C=O) groups is 1. The fourth-order valence-corrected chi connectivity index (χ4v) is 2.04. The van der Waals surface area contributed by atoms with Gasteiger partial charge in [-0.1, -0.05) is 56.3 Å². The van der Waals surface area contributed by atoms with Crippen molar-refractivity contribution in [3.8, 4) is 0 Å². The predicted octanol–water partition coefficient (Wildman–Crippen LogP) is 4.04. The third kappa shape index (κ3) is 5.02. The quantitative estimate of drug-likeness (QED) is 0.756. The van der Waals surface area contributed by atoms with Crippen LogP contribution in [0.25, 0.3) is 0 Å². The fourth-order valence-electron chi connectivity index (χ4n) is 2.04. The van der Waals surface area contributed by atoms with Crippen LogP contribution in [0.3, 0.4) is 0 Å². The van der Waals surface area contributed by atoms with E-state index < -0.39 is 0 Å². The molecule has 1 aromatic carbocycles. The minimum absolute atomic E-state index is 0.0923. The predicted molar refractivity (Wildman–Crippen MR) is 84.4 cm³/mol. The van der Waals surface area contributed by atoms with E-state index in [1.165, 1.54) is 5.56 Å². The highest BCUT2D eigenvalue weighted by molar-refractivity contribution is 5.69. The normalized spacial score (nSPS) is 11.4. The number of hydrogen-bond acceptors (Lipinski definition) is 4. The summed E-state index contributed by atoms with van der Waals surface area (Å²) in [5, 5.41) is 3.93. The Hall–Kier alpha value is -2.10. The first-order chi connectivity index (χ1) is 10.4. The summed E-state index contributed by atoms with van der Waals surface area (Å²) < 4.78 is 10.5. The molecule has 0 saturated heterocycles. The molecule has 0 fully saturated rings. The van der Waals surface area contributed by atoms with Crippen LogP contribution < -0.4 is 0 Å². The maximum absolute atomic E-state index is 11.7. The van der Waals surface area contributed by atoms with Crippen LogP contribution in [0.4, 0.5) is 0 Å². The Balaban J connectivity index is 1.70. The molecule has 1 aromatic heterocycles. The van der Waals surface area contributed by atoms with E-state index in [9.17, 15) is 4.79 Å². The smallest absolute Gasteiger partial charge is 0.306 e. The van der Waals surface area contributed by atoms with E-state index >= 15 is 0 Å². The number of benzene rings is 1. The van der Waals surface area contributed by atoms with Crippen LogP contribution in [0, 0.1) is 0 Å². The van der Waals surface area contributed by atoms with Gasteiger partial charge in [-0.25, -0.2) is 0 Å². The number of esters is 1. The molecule has 0 radical (unpaired) electrons. The van der Waals surface area contributed by atoms with E-state index in [0.717, 1.165) is 18.6 Å². The summed E-state index contributed by atoms with van der Waals surface area (Å²) in [6.45, 7) is 6.32. The molecule has 22 heavy (non-hydrogen) atoms. The van der Waals surface area contributed by atoms with Gasteiger partial charge in [-0.05, 0) is 18.4 Å². The van der Waals surface area contributed by atoms with Crippen molar-refractivity contribution in [2.75, 3.05) is 0 Å². The molecule has 0 N–H and O–H groups in total. The number of aryl methyl sites for hydroxylation is 1. The molecule has 0 atom stereocenters. The van der Waals surface area contributed by atoms with Crippen LogP contribution in [0.2, 0.25) is 0 Å². The highest BCUT2D eigenvalue weighted by Crippen LogP contribution is 2.22. The maximum Gasteiger partial charge on any atom is 0.306 e. The zero-order valence-corrected chi connectivity index (χ0v) is 13.5. The van der Waals surface area contributed by atoms with Gasteiger partial charge in [0.25, 0.3) is 0 Å². The Morgan fingerprint density at radius 1 is 1.23 bits per heavy atom. The summed E-state index contributed by atoms with van der Waals surface area (Å²) in [6.07, 6.45) is 2.09. The van der Waals surface area contributed by atoms with Crippen molar-refractivity contribution in [1.29, 1.82) is 0 Å². The molecule has 0 aliphatic carbocycles. The van der Waals surface area contributed by atoms with E-state index in [4.69, 9.17) is 9.26 Å². The van der Waals surface area contributed by atoms with Crippen molar-refractivity contribution in [2.45, 2.75) is 52.1 Å². The van der Waals surface area contributed by atoms with E-state index in [0.29, 0.717) is 12.1 Å². The topological polar surface area (TPSA) is 52.3 Å². The van der Waals surface area contributed by atoms with E-state index in [-0.39, 0.29) is 18.0 Å². The van der Waals surface area contributed by atoms with Crippen LogP contribution in [0.1, 0.15) is 50.6 Å². The zero-order valence-electron chi connectivity index (χ0n) is 13.5. The molecule has 0 spiro atoms. The number of carbonyl (C=O) groups excluding carboxylic acids is 1. The van der Waals surface area contributed by atoms with Crippen LogP contribution in [0.15, 0.2) is 40.9 Å². The van der Waals surface area contributed by atoms with Crippen LogP contribution in [-0.4, -0.2) is 11.1 Å². The van der Waals surface area contributed by atoms with E-state index in [2.05, 4.69) is 17.3 Å². The van der Waals surface area contributed by atoms with Gasteiger partial charge >= 0.3 is 5.97 Å². The first kappa shape index (κ1) is 16.3. The Morgan fingerprint density at radius 3 is 2.59 bits per heavy atom. The van der Waals surface area contributed by atoms with Crippen molar-refractivity contribution < 1.29 is 14.1 Å². The lowest BCUT2D eigenvalue weighted by molar-refractivity contribution is -0.145. The summed E-state index contributed by atoms with van der Waals surface area (Å²) in [5.74, 6) is 0.596. The number of nitrogens with zero attached hydrogens (tertiary/aromatic N) is 1. The lowest BCUT2D eigenvalue weighted by Crippen LogP contribution is -2.09. The molecule has 2 rings (SSSR count). The van der Waals surface area contributed by atoms with Gasteiger partial charge in [0, 0.05) is 17.9 Å². The van der Waals surface area contributed by atoms with Gasteiger partial charge in [0.15, 0.2) is 0 Å². The molecule has 1 heterocycles. The van der Waals surface area contributed by atoms with Crippen molar-refractivity contribution in [3.05, 3.63) is 53.4 Å². The maximum atomic E-state index is 11.7. The number of hydrogen-bond donors (Lipinski definition) is 0. The van der Waals surface area contributed by atoms with Crippen LogP contribution in [-0.2, 0) is 28.0 Å². The third-order valence-corrected chi connectivity index (χ3v) is 3.37. The van der Waals surface area contributed by atoms with Crippen LogP contribution >= 0.6 is 0 Å². The second kappa shape index (κ2) is 7.25. The highest BCUT2D eigenvalue weighted by Gasteiger charge is 2.20. The second-order valence-electron chi connectivity index (χ2n) is 6.43. The average molecular weight is 301 g/mol. The van der Waals surface area contributed by atoms with Gasteiger partial charge in [0.2, 0.25) is 0 Å².